The van der Waals surface area contributed by atoms with Crippen molar-refractivity contribution in [1.29, 1.82) is 0 Å². The minimum Gasteiger partial charge on any atom is -0.486 e. The second-order valence-corrected chi connectivity index (χ2v) is 3.09. The molecular formula is C10H10F2OS. The number of benzene rings is 1. The predicted octanol–water partition coefficient (Wildman–Crippen LogP) is 2.83. The normalized spacial score (nSPS) is 9.93. The third-order valence-electron chi connectivity index (χ3n) is 1.55. The van der Waals surface area contributed by atoms with Crippen LogP contribution in [0.25, 0.3) is 0 Å². The maximum atomic E-state index is 13.0. The van der Waals surface area contributed by atoms with Gasteiger partial charge in [-0.2, -0.15) is 12.6 Å². The number of halogens is 2. The average Bonchev–Trinajstić information content (AvgIpc) is 2.19. The molecule has 0 spiro atoms. The average molecular weight is 216 g/mol. The molecule has 0 unspecified atom stereocenters. The van der Waals surface area contributed by atoms with Gasteiger partial charge in [0.2, 0.25) is 0 Å². The topological polar surface area (TPSA) is 9.23 Å². The molecule has 0 amide bonds. The smallest absolute Gasteiger partial charge is 0.165 e. The van der Waals surface area contributed by atoms with Gasteiger partial charge in [0.05, 0.1) is 0 Å². The summed E-state index contributed by atoms with van der Waals surface area (Å²) < 4.78 is 30.7. The van der Waals surface area contributed by atoms with Crippen molar-refractivity contribution in [3.63, 3.8) is 0 Å². The predicted molar refractivity (Wildman–Crippen MR) is 54.8 cm³/mol. The first-order chi connectivity index (χ1) is 6.63. The van der Waals surface area contributed by atoms with Crippen molar-refractivity contribution in [2.24, 2.45) is 0 Å². The van der Waals surface area contributed by atoms with Gasteiger partial charge in [0, 0.05) is 11.8 Å². The van der Waals surface area contributed by atoms with E-state index in [0.29, 0.717) is 11.3 Å². The highest BCUT2D eigenvalue weighted by Crippen LogP contribution is 2.18. The van der Waals surface area contributed by atoms with Crippen molar-refractivity contribution >= 4 is 12.6 Å². The molecule has 0 N–H and O–H groups in total. The number of ether oxygens (including phenoxy) is 1. The van der Waals surface area contributed by atoms with Crippen molar-refractivity contribution in [2.75, 3.05) is 12.4 Å². The Balaban J connectivity index is 2.66. The molecule has 0 aliphatic carbocycles. The van der Waals surface area contributed by atoms with Gasteiger partial charge in [-0.25, -0.2) is 8.78 Å². The molecule has 1 rings (SSSR count). The lowest BCUT2D eigenvalue weighted by molar-refractivity contribution is 0.331. The van der Waals surface area contributed by atoms with Crippen LogP contribution in [0.2, 0.25) is 0 Å². The Kier molecular flexibility index (Phi) is 3.95. The molecule has 0 aromatic heterocycles. The first kappa shape index (κ1) is 11.0. The van der Waals surface area contributed by atoms with Gasteiger partial charge in [-0.05, 0) is 17.7 Å². The van der Waals surface area contributed by atoms with Crippen LogP contribution in [0.3, 0.4) is 0 Å². The molecule has 0 bridgehead atoms. The summed E-state index contributed by atoms with van der Waals surface area (Å²) in [5, 5.41) is 0. The number of thiol groups is 1. The lowest BCUT2D eigenvalue weighted by Crippen LogP contribution is -2.02. The van der Waals surface area contributed by atoms with Gasteiger partial charge in [0.1, 0.15) is 12.4 Å². The minimum absolute atomic E-state index is 0.104. The molecule has 1 aromatic rings. The van der Waals surface area contributed by atoms with Crippen LogP contribution < -0.4 is 4.74 Å². The summed E-state index contributed by atoms with van der Waals surface area (Å²) in [5.74, 6) is -0.763. The fourth-order valence-electron chi connectivity index (χ4n) is 0.813. The molecular weight excluding hydrogens is 206 g/mol. The van der Waals surface area contributed by atoms with Gasteiger partial charge in [0.15, 0.2) is 11.6 Å². The molecule has 0 aliphatic rings. The summed E-state index contributed by atoms with van der Waals surface area (Å²) in [4.78, 5) is 0. The van der Waals surface area contributed by atoms with E-state index in [4.69, 9.17) is 4.74 Å². The Hall–Kier alpha value is -1.03. The first-order valence-corrected chi connectivity index (χ1v) is 4.62. The van der Waals surface area contributed by atoms with Gasteiger partial charge >= 0.3 is 0 Å². The lowest BCUT2D eigenvalue weighted by atomic mass is 10.3. The summed E-state index contributed by atoms with van der Waals surface area (Å²) >= 11 is 3.96. The first-order valence-electron chi connectivity index (χ1n) is 3.99. The van der Waals surface area contributed by atoms with E-state index in [1.54, 1.807) is 0 Å². The zero-order chi connectivity index (χ0) is 10.6. The summed E-state index contributed by atoms with van der Waals surface area (Å²) in [6.07, 6.45) is 0. The van der Waals surface area contributed by atoms with E-state index in [-0.39, 0.29) is 12.4 Å². The fraction of sp³-hybridized carbons (Fsp3) is 0.200. The Labute approximate surface area is 86.8 Å². The second-order valence-electron chi connectivity index (χ2n) is 2.77. The standard InChI is InChI=1S/C10H10F2OS/c1-7(6-14)5-13-10-4-8(11)2-3-9(10)12/h2-4,14H,1,5-6H2. The van der Waals surface area contributed by atoms with Gasteiger partial charge in [-0.3, -0.25) is 0 Å². The molecule has 0 heterocycles. The van der Waals surface area contributed by atoms with Crippen LogP contribution in [0.5, 0.6) is 5.75 Å². The van der Waals surface area contributed by atoms with Gasteiger partial charge in [-0.15, -0.1) is 0 Å². The summed E-state index contributed by atoms with van der Waals surface area (Å²) in [7, 11) is 0. The fourth-order valence-corrected chi connectivity index (χ4v) is 0.905. The Morgan fingerprint density at radius 3 is 2.79 bits per heavy atom. The summed E-state index contributed by atoms with van der Waals surface area (Å²) in [6, 6.07) is 3.06. The number of hydrogen-bond donors (Lipinski definition) is 1. The van der Waals surface area contributed by atoms with Crippen molar-refractivity contribution in [2.45, 2.75) is 0 Å². The Bertz CT molecular complexity index is 339. The van der Waals surface area contributed by atoms with Crippen molar-refractivity contribution in [3.8, 4) is 5.75 Å². The Morgan fingerprint density at radius 2 is 2.14 bits per heavy atom. The maximum absolute atomic E-state index is 13.0. The SMILES string of the molecule is C=C(CS)COc1cc(F)ccc1F. The van der Waals surface area contributed by atoms with E-state index in [1.165, 1.54) is 0 Å². The maximum Gasteiger partial charge on any atom is 0.165 e. The van der Waals surface area contributed by atoms with Gasteiger partial charge in [-0.1, -0.05) is 6.58 Å². The molecule has 1 aromatic carbocycles. The largest absolute Gasteiger partial charge is 0.486 e. The lowest BCUT2D eigenvalue weighted by Gasteiger charge is -2.07. The molecule has 0 radical (unpaired) electrons. The van der Waals surface area contributed by atoms with E-state index in [0.717, 1.165) is 18.2 Å². The zero-order valence-corrected chi connectivity index (χ0v) is 8.36. The van der Waals surface area contributed by atoms with E-state index in [9.17, 15) is 8.78 Å². The molecule has 0 saturated heterocycles. The summed E-state index contributed by atoms with van der Waals surface area (Å²) in [6.45, 7) is 3.77. The molecule has 0 saturated carbocycles. The summed E-state index contributed by atoms with van der Waals surface area (Å²) in [5.41, 5.74) is 0.706. The zero-order valence-electron chi connectivity index (χ0n) is 7.46. The molecule has 1 nitrogen and oxygen atoms in total. The van der Waals surface area contributed by atoms with Crippen molar-refractivity contribution in [1.82, 2.24) is 0 Å². The van der Waals surface area contributed by atoms with E-state index in [2.05, 4.69) is 19.2 Å². The molecule has 0 fully saturated rings. The van der Waals surface area contributed by atoms with Crippen molar-refractivity contribution in [3.05, 3.63) is 42.0 Å². The van der Waals surface area contributed by atoms with Crippen LogP contribution in [-0.2, 0) is 0 Å². The highest BCUT2D eigenvalue weighted by molar-refractivity contribution is 7.80. The quantitative estimate of drug-likeness (QED) is 0.601. The molecule has 0 aliphatic heterocycles. The molecule has 76 valence electrons. The van der Waals surface area contributed by atoms with Crippen LogP contribution in [0.1, 0.15) is 0 Å². The third-order valence-corrected chi connectivity index (χ3v) is 2.00. The van der Waals surface area contributed by atoms with E-state index < -0.39 is 11.6 Å². The second kappa shape index (κ2) is 5.00. The number of rotatable bonds is 4. The molecule has 0 atom stereocenters. The van der Waals surface area contributed by atoms with Crippen LogP contribution in [0, 0.1) is 11.6 Å². The Morgan fingerprint density at radius 1 is 1.43 bits per heavy atom. The molecule has 14 heavy (non-hydrogen) atoms. The van der Waals surface area contributed by atoms with E-state index >= 15 is 0 Å². The van der Waals surface area contributed by atoms with Crippen LogP contribution in [0.15, 0.2) is 30.4 Å². The van der Waals surface area contributed by atoms with Gasteiger partial charge in [0.25, 0.3) is 0 Å². The van der Waals surface area contributed by atoms with Crippen LogP contribution in [0.4, 0.5) is 8.78 Å². The van der Waals surface area contributed by atoms with Crippen LogP contribution in [-0.4, -0.2) is 12.4 Å². The molecule has 4 heteroatoms. The third kappa shape index (κ3) is 3.03. The number of hydrogen-bond acceptors (Lipinski definition) is 2. The monoisotopic (exact) mass is 216 g/mol. The highest BCUT2D eigenvalue weighted by atomic mass is 32.1. The van der Waals surface area contributed by atoms with E-state index in [1.807, 2.05) is 0 Å². The highest BCUT2D eigenvalue weighted by Gasteiger charge is 2.04. The van der Waals surface area contributed by atoms with Crippen molar-refractivity contribution < 1.29 is 13.5 Å². The minimum atomic E-state index is -0.585. The van der Waals surface area contributed by atoms with Gasteiger partial charge < -0.3 is 4.74 Å². The van der Waals surface area contributed by atoms with Crippen LogP contribution >= 0.6 is 12.6 Å².